The van der Waals surface area contributed by atoms with Crippen molar-refractivity contribution < 1.29 is 4.42 Å². The van der Waals surface area contributed by atoms with E-state index in [0.29, 0.717) is 5.58 Å². The predicted molar refractivity (Wildman–Crippen MR) is 57.4 cm³/mol. The molecule has 0 spiro atoms. The Kier molecular flexibility index (Phi) is 2.18. The maximum absolute atomic E-state index is 11.1. The molecule has 0 aliphatic rings. The molecule has 68 valence electrons. The number of thioether (sulfide) groups is 1. The Morgan fingerprint density at radius 3 is 3.00 bits per heavy atom. The van der Waals surface area contributed by atoms with E-state index in [1.54, 1.807) is 11.8 Å². The molecule has 2 rings (SSSR count). The van der Waals surface area contributed by atoms with E-state index in [1.807, 2.05) is 24.5 Å². The minimum atomic E-state index is -0.349. The molecule has 13 heavy (non-hydrogen) atoms. The van der Waals surface area contributed by atoms with Crippen LogP contribution in [0.15, 0.2) is 32.3 Å². The highest BCUT2D eigenvalue weighted by Crippen LogP contribution is 2.21. The third-order valence-electron chi connectivity index (χ3n) is 1.82. The molecule has 1 aromatic heterocycles. The predicted octanol–water partition coefficient (Wildman–Crippen LogP) is 1.95. The van der Waals surface area contributed by atoms with Crippen molar-refractivity contribution in [3.63, 3.8) is 0 Å². The number of hydrogen-bond acceptors (Lipinski definition) is 3. The minimum Gasteiger partial charge on any atom is -0.407 e. The van der Waals surface area contributed by atoms with Crippen molar-refractivity contribution >= 4 is 32.3 Å². The van der Waals surface area contributed by atoms with E-state index in [1.165, 1.54) is 4.34 Å². The van der Waals surface area contributed by atoms with E-state index < -0.39 is 0 Å². The Labute approximate surface area is 81.4 Å². The molecule has 0 amide bonds. The van der Waals surface area contributed by atoms with Crippen LogP contribution in [-0.2, 0) is 0 Å². The van der Waals surface area contributed by atoms with Crippen molar-refractivity contribution in [1.82, 2.24) is 4.34 Å². The standard InChI is InChI=1S/C8H8NO2PS/c1-13-5-2-3-6-7(4-5)11-8(10)9(6)12/h2-4H,12H2,1H3. The second-order valence-corrected chi connectivity index (χ2v) is 3.97. The first-order valence-corrected chi connectivity index (χ1v) is 5.41. The summed E-state index contributed by atoms with van der Waals surface area (Å²) in [6, 6.07) is 5.70. The van der Waals surface area contributed by atoms with Crippen molar-refractivity contribution in [2.45, 2.75) is 4.90 Å². The third kappa shape index (κ3) is 1.40. The van der Waals surface area contributed by atoms with Gasteiger partial charge < -0.3 is 4.42 Å². The van der Waals surface area contributed by atoms with E-state index in [0.717, 1.165) is 10.4 Å². The van der Waals surface area contributed by atoms with Gasteiger partial charge in [-0.2, -0.15) is 0 Å². The largest absolute Gasteiger partial charge is 0.422 e. The first-order chi connectivity index (χ1) is 6.22. The number of nitrogens with zero attached hydrogens (tertiary/aromatic N) is 1. The Morgan fingerprint density at radius 2 is 2.31 bits per heavy atom. The van der Waals surface area contributed by atoms with Crippen LogP contribution in [0.1, 0.15) is 0 Å². The lowest BCUT2D eigenvalue weighted by molar-refractivity contribution is 0.549. The SMILES string of the molecule is CSc1ccc2c(c1)oc(=O)n2P. The van der Waals surface area contributed by atoms with Gasteiger partial charge in [0.1, 0.15) is 0 Å². The zero-order chi connectivity index (χ0) is 9.42. The van der Waals surface area contributed by atoms with Gasteiger partial charge >= 0.3 is 5.76 Å². The van der Waals surface area contributed by atoms with E-state index in [9.17, 15) is 4.79 Å². The Hall–Kier alpha value is -0.730. The van der Waals surface area contributed by atoms with Crippen LogP contribution in [0, 0.1) is 0 Å². The van der Waals surface area contributed by atoms with Crippen LogP contribution in [0.25, 0.3) is 11.1 Å². The normalized spacial score (nSPS) is 10.9. The molecule has 0 saturated carbocycles. The van der Waals surface area contributed by atoms with Crippen molar-refractivity contribution in [3.05, 3.63) is 28.7 Å². The minimum absolute atomic E-state index is 0.349. The summed E-state index contributed by atoms with van der Waals surface area (Å²) >= 11 is 1.62. The summed E-state index contributed by atoms with van der Waals surface area (Å²) in [7, 11) is 2.32. The van der Waals surface area contributed by atoms with Crippen molar-refractivity contribution in [3.8, 4) is 0 Å². The smallest absolute Gasteiger partial charge is 0.407 e. The maximum Gasteiger partial charge on any atom is 0.422 e. The van der Waals surface area contributed by atoms with Gasteiger partial charge in [0.15, 0.2) is 5.58 Å². The molecular formula is C8H8NO2PS. The Bertz CT molecular complexity index is 502. The molecular weight excluding hydrogens is 205 g/mol. The summed E-state index contributed by atoms with van der Waals surface area (Å²) in [4.78, 5) is 12.2. The van der Waals surface area contributed by atoms with E-state index in [-0.39, 0.29) is 5.76 Å². The van der Waals surface area contributed by atoms with Gasteiger partial charge in [-0.3, -0.25) is 4.34 Å². The van der Waals surface area contributed by atoms with Gasteiger partial charge in [-0.05, 0) is 33.8 Å². The first kappa shape index (κ1) is 8.85. The van der Waals surface area contributed by atoms with Crippen LogP contribution >= 0.6 is 21.2 Å². The molecule has 0 saturated heterocycles. The highest BCUT2D eigenvalue weighted by Gasteiger charge is 2.05. The fourth-order valence-corrected chi connectivity index (χ4v) is 1.84. The molecule has 0 fully saturated rings. The summed E-state index contributed by atoms with van der Waals surface area (Å²) < 4.78 is 6.43. The average Bonchev–Trinajstić information content (AvgIpc) is 2.42. The molecule has 1 aromatic carbocycles. The fourth-order valence-electron chi connectivity index (χ4n) is 1.14. The van der Waals surface area contributed by atoms with Crippen LogP contribution in [0.2, 0.25) is 0 Å². The van der Waals surface area contributed by atoms with Gasteiger partial charge in [0.25, 0.3) is 0 Å². The molecule has 0 aliphatic carbocycles. The number of oxazole rings is 1. The summed E-state index contributed by atoms with van der Waals surface area (Å²) in [6.07, 6.45) is 1.98. The summed E-state index contributed by atoms with van der Waals surface area (Å²) in [6.45, 7) is 0. The molecule has 3 nitrogen and oxygen atoms in total. The summed E-state index contributed by atoms with van der Waals surface area (Å²) in [5.41, 5.74) is 1.43. The topological polar surface area (TPSA) is 35.1 Å². The molecule has 1 heterocycles. The van der Waals surface area contributed by atoms with E-state index in [2.05, 4.69) is 9.39 Å². The molecule has 0 aliphatic heterocycles. The maximum atomic E-state index is 11.1. The molecule has 0 radical (unpaired) electrons. The Morgan fingerprint density at radius 1 is 1.54 bits per heavy atom. The Balaban J connectivity index is 2.80. The number of hydrogen-bond donors (Lipinski definition) is 0. The second kappa shape index (κ2) is 3.20. The van der Waals surface area contributed by atoms with Gasteiger partial charge in [-0.15, -0.1) is 11.8 Å². The van der Waals surface area contributed by atoms with Crippen LogP contribution in [0.3, 0.4) is 0 Å². The van der Waals surface area contributed by atoms with Crippen LogP contribution in [0.5, 0.6) is 0 Å². The van der Waals surface area contributed by atoms with Gasteiger partial charge in [0.05, 0.1) is 5.52 Å². The zero-order valence-electron chi connectivity index (χ0n) is 6.98. The number of fused-ring (bicyclic) bond motifs is 1. The highest BCUT2D eigenvalue weighted by atomic mass is 32.2. The highest BCUT2D eigenvalue weighted by molar-refractivity contribution is 7.98. The number of benzene rings is 1. The van der Waals surface area contributed by atoms with Crippen molar-refractivity contribution in [1.29, 1.82) is 0 Å². The first-order valence-electron chi connectivity index (χ1n) is 3.67. The van der Waals surface area contributed by atoms with Gasteiger partial charge in [0, 0.05) is 4.90 Å². The van der Waals surface area contributed by atoms with Gasteiger partial charge in [-0.1, -0.05) is 0 Å². The lowest BCUT2D eigenvalue weighted by atomic mass is 10.3. The van der Waals surface area contributed by atoms with E-state index >= 15 is 0 Å². The lowest BCUT2D eigenvalue weighted by Gasteiger charge is -1.94. The van der Waals surface area contributed by atoms with Crippen LogP contribution in [0.4, 0.5) is 0 Å². The van der Waals surface area contributed by atoms with Crippen LogP contribution in [-0.4, -0.2) is 10.6 Å². The molecule has 2 aromatic rings. The number of rotatable bonds is 1. The third-order valence-corrected chi connectivity index (χ3v) is 3.03. The molecule has 0 N–H and O–H groups in total. The average molecular weight is 213 g/mol. The van der Waals surface area contributed by atoms with Gasteiger partial charge in [-0.25, -0.2) is 4.79 Å². The molecule has 1 atom stereocenters. The van der Waals surface area contributed by atoms with Crippen LogP contribution < -0.4 is 5.76 Å². The summed E-state index contributed by atoms with van der Waals surface area (Å²) in [5.74, 6) is -0.349. The van der Waals surface area contributed by atoms with E-state index in [4.69, 9.17) is 4.42 Å². The van der Waals surface area contributed by atoms with Gasteiger partial charge in [0.2, 0.25) is 0 Å². The molecule has 5 heteroatoms. The zero-order valence-corrected chi connectivity index (χ0v) is 8.95. The monoisotopic (exact) mass is 213 g/mol. The molecule has 0 bridgehead atoms. The number of aromatic nitrogens is 1. The summed E-state index contributed by atoms with van der Waals surface area (Å²) in [5, 5.41) is 0. The molecule has 1 unspecified atom stereocenters. The van der Waals surface area contributed by atoms with Crippen molar-refractivity contribution in [2.75, 3.05) is 6.26 Å². The fraction of sp³-hybridized carbons (Fsp3) is 0.125. The quantitative estimate of drug-likeness (QED) is 0.536. The van der Waals surface area contributed by atoms with Crippen molar-refractivity contribution in [2.24, 2.45) is 0 Å². The lowest BCUT2D eigenvalue weighted by Crippen LogP contribution is -2.02. The second-order valence-electron chi connectivity index (χ2n) is 2.57.